The van der Waals surface area contributed by atoms with Crippen LogP contribution in [0.4, 0.5) is 0 Å². The molecule has 0 bridgehead atoms. The van der Waals surface area contributed by atoms with Gasteiger partial charge in [0, 0.05) is 0 Å². The van der Waals surface area contributed by atoms with Gasteiger partial charge in [-0.25, -0.2) is 0 Å². The molecule has 0 aliphatic carbocycles. The van der Waals surface area contributed by atoms with Crippen molar-refractivity contribution in [1.29, 1.82) is 0 Å². The van der Waals surface area contributed by atoms with Gasteiger partial charge in [0.1, 0.15) is 6.61 Å². The summed E-state index contributed by atoms with van der Waals surface area (Å²) >= 11 is 0. The largest absolute Gasteiger partial charge is 0.456 e. The molecular formula is C17H27O7. The van der Waals surface area contributed by atoms with Gasteiger partial charge in [-0.15, -0.1) is 0 Å². The van der Waals surface area contributed by atoms with Gasteiger partial charge in [0.05, 0.1) is 24.4 Å². The molecule has 0 aromatic rings. The average Bonchev–Trinajstić information content (AvgIpc) is 2.49. The van der Waals surface area contributed by atoms with E-state index in [4.69, 9.17) is 18.9 Å². The van der Waals surface area contributed by atoms with E-state index in [1.54, 1.807) is 41.5 Å². The predicted molar refractivity (Wildman–Crippen MR) is 84.4 cm³/mol. The fourth-order valence-corrected chi connectivity index (χ4v) is 1.79. The van der Waals surface area contributed by atoms with Gasteiger partial charge in [-0.3, -0.25) is 14.4 Å². The van der Waals surface area contributed by atoms with Gasteiger partial charge in [0.2, 0.25) is 0 Å². The maximum Gasteiger partial charge on any atom is 0.308 e. The summed E-state index contributed by atoms with van der Waals surface area (Å²) in [5.74, 6) is -2.42. The molecule has 1 rings (SSSR count). The van der Waals surface area contributed by atoms with Crippen molar-refractivity contribution in [3.8, 4) is 0 Å². The number of rotatable bonds is 6. The van der Waals surface area contributed by atoms with Crippen molar-refractivity contribution in [3.05, 3.63) is 6.61 Å². The molecule has 1 heterocycles. The number of carbonyl (C=O) groups is 3. The van der Waals surface area contributed by atoms with Crippen LogP contribution in [0.3, 0.4) is 0 Å². The fraction of sp³-hybridized carbons (Fsp3) is 0.765. The fourth-order valence-electron chi connectivity index (χ4n) is 1.79. The molecule has 3 atom stereocenters. The lowest BCUT2D eigenvalue weighted by Crippen LogP contribution is -2.52. The number of hydrogen-bond donors (Lipinski definition) is 0. The number of ether oxygens (including phenoxy) is 4. The highest BCUT2D eigenvalue weighted by Crippen LogP contribution is 2.24. The third-order valence-electron chi connectivity index (χ3n) is 3.37. The first-order valence-corrected chi connectivity index (χ1v) is 8.19. The van der Waals surface area contributed by atoms with Crippen molar-refractivity contribution in [1.82, 2.24) is 0 Å². The van der Waals surface area contributed by atoms with E-state index in [-0.39, 0.29) is 24.4 Å². The van der Waals surface area contributed by atoms with E-state index in [0.29, 0.717) is 0 Å². The van der Waals surface area contributed by atoms with Crippen LogP contribution in [0, 0.1) is 24.4 Å². The summed E-state index contributed by atoms with van der Waals surface area (Å²) in [4.78, 5) is 35.7. The molecule has 0 amide bonds. The molecule has 7 heteroatoms. The van der Waals surface area contributed by atoms with Crippen molar-refractivity contribution in [3.63, 3.8) is 0 Å². The van der Waals surface area contributed by atoms with E-state index < -0.39 is 36.2 Å². The van der Waals surface area contributed by atoms with Gasteiger partial charge in [-0.2, -0.15) is 0 Å². The molecule has 137 valence electrons. The van der Waals surface area contributed by atoms with Gasteiger partial charge in [0.15, 0.2) is 18.3 Å². The van der Waals surface area contributed by atoms with Crippen LogP contribution < -0.4 is 0 Å². The van der Waals surface area contributed by atoms with Crippen LogP contribution >= 0.6 is 0 Å². The van der Waals surface area contributed by atoms with E-state index in [2.05, 4.69) is 0 Å². The second-order valence-electron chi connectivity index (χ2n) is 6.71. The minimum atomic E-state index is -0.931. The molecule has 0 aromatic carbocycles. The SMILES string of the molecule is CC(C)C(=O)O[C@H]1[C@H](OC(=O)C(C)C)[CH]OC[C@H]1OC(=O)C(C)C. The van der Waals surface area contributed by atoms with E-state index >= 15 is 0 Å². The summed E-state index contributed by atoms with van der Waals surface area (Å²) in [5.41, 5.74) is 0. The summed E-state index contributed by atoms with van der Waals surface area (Å²) in [6.45, 7) is 11.5. The van der Waals surface area contributed by atoms with Crippen LogP contribution in [0.5, 0.6) is 0 Å². The molecule has 1 fully saturated rings. The van der Waals surface area contributed by atoms with Gasteiger partial charge in [-0.05, 0) is 0 Å². The quantitative estimate of drug-likeness (QED) is 0.537. The second kappa shape index (κ2) is 9.01. The molecule has 0 unspecified atom stereocenters. The van der Waals surface area contributed by atoms with E-state index in [1.807, 2.05) is 0 Å². The smallest absolute Gasteiger partial charge is 0.308 e. The van der Waals surface area contributed by atoms with Crippen LogP contribution in [-0.4, -0.2) is 42.8 Å². The van der Waals surface area contributed by atoms with E-state index in [0.717, 1.165) is 0 Å². The first-order chi connectivity index (χ1) is 11.1. The zero-order valence-corrected chi connectivity index (χ0v) is 15.1. The molecule has 1 saturated heterocycles. The molecule has 1 aliphatic heterocycles. The van der Waals surface area contributed by atoms with Gasteiger partial charge in [0.25, 0.3) is 0 Å². The summed E-state index contributed by atoms with van der Waals surface area (Å²) in [6.07, 6.45) is -2.70. The third-order valence-corrected chi connectivity index (χ3v) is 3.37. The molecule has 24 heavy (non-hydrogen) atoms. The Kier molecular flexibility index (Phi) is 7.66. The lowest BCUT2D eigenvalue weighted by atomic mass is 10.0. The van der Waals surface area contributed by atoms with Crippen LogP contribution in [-0.2, 0) is 33.3 Å². The Labute approximate surface area is 143 Å². The molecule has 0 saturated carbocycles. The Balaban J connectivity index is 2.92. The number of esters is 3. The zero-order valence-electron chi connectivity index (χ0n) is 15.1. The van der Waals surface area contributed by atoms with Crippen molar-refractivity contribution in [2.24, 2.45) is 17.8 Å². The summed E-state index contributed by atoms with van der Waals surface area (Å²) in [7, 11) is 0. The van der Waals surface area contributed by atoms with Gasteiger partial charge < -0.3 is 18.9 Å². The molecule has 0 spiro atoms. The Morgan fingerprint density at radius 2 is 1.29 bits per heavy atom. The Bertz CT molecular complexity index is 426. The van der Waals surface area contributed by atoms with Crippen molar-refractivity contribution in [2.75, 3.05) is 6.61 Å². The minimum Gasteiger partial charge on any atom is -0.456 e. The maximum atomic E-state index is 12.0. The lowest BCUT2D eigenvalue weighted by molar-refractivity contribution is -0.205. The summed E-state index contributed by atoms with van der Waals surface area (Å²) in [6, 6.07) is 0. The Hall–Kier alpha value is -1.63. The van der Waals surface area contributed by atoms with Crippen molar-refractivity contribution >= 4 is 17.9 Å². The van der Waals surface area contributed by atoms with Crippen molar-refractivity contribution in [2.45, 2.75) is 59.9 Å². The van der Waals surface area contributed by atoms with Crippen molar-refractivity contribution < 1.29 is 33.3 Å². The highest BCUT2D eigenvalue weighted by Gasteiger charge is 2.43. The lowest BCUT2D eigenvalue weighted by Gasteiger charge is -2.36. The topological polar surface area (TPSA) is 88.1 Å². The summed E-state index contributed by atoms with van der Waals surface area (Å²) < 4.78 is 21.4. The van der Waals surface area contributed by atoms with Gasteiger partial charge >= 0.3 is 17.9 Å². The van der Waals surface area contributed by atoms with E-state index in [9.17, 15) is 14.4 Å². The molecule has 7 nitrogen and oxygen atoms in total. The number of hydrogen-bond acceptors (Lipinski definition) is 7. The van der Waals surface area contributed by atoms with Crippen LogP contribution in [0.25, 0.3) is 0 Å². The minimum absolute atomic E-state index is 0.0320. The Morgan fingerprint density at radius 1 is 0.833 bits per heavy atom. The zero-order chi connectivity index (χ0) is 18.4. The van der Waals surface area contributed by atoms with Crippen LogP contribution in [0.1, 0.15) is 41.5 Å². The first kappa shape index (κ1) is 20.4. The monoisotopic (exact) mass is 343 g/mol. The normalized spacial score (nSPS) is 24.1. The predicted octanol–water partition coefficient (Wildman–Crippen LogP) is 1.88. The van der Waals surface area contributed by atoms with E-state index in [1.165, 1.54) is 6.61 Å². The Morgan fingerprint density at radius 3 is 1.79 bits per heavy atom. The summed E-state index contributed by atoms with van der Waals surface area (Å²) in [5, 5.41) is 0. The third kappa shape index (κ3) is 5.78. The molecular weight excluding hydrogens is 316 g/mol. The highest BCUT2D eigenvalue weighted by atomic mass is 16.6. The first-order valence-electron chi connectivity index (χ1n) is 8.19. The average molecular weight is 343 g/mol. The molecule has 1 aliphatic rings. The molecule has 0 N–H and O–H groups in total. The molecule has 0 aromatic heterocycles. The standard InChI is InChI=1S/C17H27O7/c1-9(2)15(18)22-12-7-21-8-13(23-16(19)10(3)4)14(12)24-17(20)11(5)6/h7,9-14H,8H2,1-6H3/t12-,13-,14+/m1/s1. The highest BCUT2D eigenvalue weighted by molar-refractivity contribution is 5.73. The maximum absolute atomic E-state index is 12.0. The van der Waals surface area contributed by atoms with Crippen LogP contribution in [0.15, 0.2) is 0 Å². The number of carbonyl (C=O) groups excluding carboxylic acids is 3. The molecule has 1 radical (unpaired) electrons. The van der Waals surface area contributed by atoms with Gasteiger partial charge in [-0.1, -0.05) is 41.5 Å². The van der Waals surface area contributed by atoms with Crippen LogP contribution in [0.2, 0.25) is 0 Å². The second-order valence-corrected chi connectivity index (χ2v) is 6.71.